The third-order valence-electron chi connectivity index (χ3n) is 2.83. The molecule has 0 fully saturated rings. The van der Waals surface area contributed by atoms with Gasteiger partial charge >= 0.3 is 5.97 Å². The maximum absolute atomic E-state index is 12.2. The molecule has 1 unspecified atom stereocenters. The van der Waals surface area contributed by atoms with Crippen LogP contribution in [0.2, 0.25) is 0 Å². The molecule has 1 aliphatic rings. The minimum absolute atomic E-state index is 0.0730. The van der Waals surface area contributed by atoms with Crippen LogP contribution in [0.15, 0.2) is 29.2 Å². The van der Waals surface area contributed by atoms with Gasteiger partial charge in [0.05, 0.1) is 12.2 Å². The average Bonchev–Trinajstić information content (AvgIpc) is 2.57. The molecule has 6 nitrogen and oxygen atoms in total. The summed E-state index contributed by atoms with van der Waals surface area (Å²) in [5.74, 6) is -1.44. The largest absolute Gasteiger partial charge is 0.464 e. The molecule has 0 spiro atoms. The summed E-state index contributed by atoms with van der Waals surface area (Å²) < 4.78 is 29.8. The minimum atomic E-state index is -3.98. The van der Waals surface area contributed by atoms with Gasteiger partial charge in [-0.15, -0.1) is 0 Å². The highest BCUT2D eigenvalue weighted by molar-refractivity contribution is 7.90. The molecule has 0 N–H and O–H groups in total. The van der Waals surface area contributed by atoms with E-state index in [2.05, 4.69) is 0 Å². The number of carbonyl (C=O) groups is 2. The van der Waals surface area contributed by atoms with Crippen molar-refractivity contribution in [2.24, 2.45) is 0 Å². The highest BCUT2D eigenvalue weighted by atomic mass is 32.2. The zero-order valence-electron chi connectivity index (χ0n) is 10.5. The van der Waals surface area contributed by atoms with Crippen molar-refractivity contribution in [2.75, 3.05) is 6.61 Å². The summed E-state index contributed by atoms with van der Waals surface area (Å²) in [4.78, 5) is 23.7. The smallest absolute Gasteiger partial charge is 0.329 e. The van der Waals surface area contributed by atoms with E-state index in [1.807, 2.05) is 0 Å². The molecule has 1 atom stereocenters. The summed E-state index contributed by atoms with van der Waals surface area (Å²) in [6.45, 7) is 3.07. The summed E-state index contributed by atoms with van der Waals surface area (Å²) in [5, 5.41) is 0. The van der Waals surface area contributed by atoms with Crippen molar-refractivity contribution in [1.29, 1.82) is 0 Å². The predicted octanol–water partition coefficient (Wildman–Crippen LogP) is 0.783. The van der Waals surface area contributed by atoms with Gasteiger partial charge in [-0.25, -0.2) is 17.5 Å². The molecule has 7 heteroatoms. The van der Waals surface area contributed by atoms with E-state index in [9.17, 15) is 18.0 Å². The Morgan fingerprint density at radius 2 is 2.00 bits per heavy atom. The Labute approximate surface area is 111 Å². The van der Waals surface area contributed by atoms with Gasteiger partial charge in [0.15, 0.2) is 0 Å². The Bertz CT molecular complexity index is 637. The molecular formula is C12H13NO5S. The predicted molar refractivity (Wildman–Crippen MR) is 65.9 cm³/mol. The van der Waals surface area contributed by atoms with Gasteiger partial charge < -0.3 is 4.74 Å². The summed E-state index contributed by atoms with van der Waals surface area (Å²) in [5.41, 5.74) is 0.0821. The van der Waals surface area contributed by atoms with Crippen molar-refractivity contribution < 1.29 is 22.7 Å². The lowest BCUT2D eigenvalue weighted by atomic mass is 10.2. The van der Waals surface area contributed by atoms with E-state index < -0.39 is 27.9 Å². The van der Waals surface area contributed by atoms with E-state index in [0.717, 1.165) is 0 Å². The number of carbonyl (C=O) groups excluding carboxylic acids is 2. The van der Waals surface area contributed by atoms with E-state index >= 15 is 0 Å². The molecule has 1 amide bonds. The van der Waals surface area contributed by atoms with E-state index in [4.69, 9.17) is 4.74 Å². The maximum Gasteiger partial charge on any atom is 0.329 e. The number of amides is 1. The summed E-state index contributed by atoms with van der Waals surface area (Å²) in [6, 6.07) is 4.70. The summed E-state index contributed by atoms with van der Waals surface area (Å²) in [6.07, 6.45) is 0. The molecule has 0 radical (unpaired) electrons. The van der Waals surface area contributed by atoms with Crippen LogP contribution in [0.3, 0.4) is 0 Å². The van der Waals surface area contributed by atoms with Crippen LogP contribution in [0.1, 0.15) is 24.2 Å². The van der Waals surface area contributed by atoms with E-state index in [0.29, 0.717) is 4.31 Å². The minimum Gasteiger partial charge on any atom is -0.464 e. The number of esters is 1. The Kier molecular flexibility index (Phi) is 3.32. The van der Waals surface area contributed by atoms with Crippen molar-refractivity contribution >= 4 is 21.9 Å². The Morgan fingerprint density at radius 3 is 2.58 bits per heavy atom. The van der Waals surface area contributed by atoms with E-state index in [-0.39, 0.29) is 17.1 Å². The van der Waals surface area contributed by atoms with Gasteiger partial charge in [0.25, 0.3) is 15.9 Å². The zero-order chi connectivity index (χ0) is 14.2. The molecule has 102 valence electrons. The zero-order valence-corrected chi connectivity index (χ0v) is 11.3. The molecule has 0 bridgehead atoms. The number of rotatable bonds is 3. The first-order valence-electron chi connectivity index (χ1n) is 5.75. The molecule has 0 saturated carbocycles. The lowest BCUT2D eigenvalue weighted by Crippen LogP contribution is -2.43. The topological polar surface area (TPSA) is 80.8 Å². The maximum atomic E-state index is 12.2. The van der Waals surface area contributed by atoms with Gasteiger partial charge in [0.1, 0.15) is 10.9 Å². The van der Waals surface area contributed by atoms with Crippen molar-refractivity contribution in [3.63, 3.8) is 0 Å². The second kappa shape index (κ2) is 4.65. The third-order valence-corrected chi connectivity index (χ3v) is 4.75. The number of benzene rings is 1. The molecule has 2 rings (SSSR count). The van der Waals surface area contributed by atoms with Gasteiger partial charge in [-0.1, -0.05) is 12.1 Å². The average molecular weight is 283 g/mol. The number of hydrogen-bond donors (Lipinski definition) is 0. The third kappa shape index (κ3) is 1.99. The fourth-order valence-corrected chi connectivity index (χ4v) is 3.66. The van der Waals surface area contributed by atoms with Crippen LogP contribution in [-0.4, -0.2) is 37.2 Å². The standard InChI is InChI=1S/C12H13NO5S/c1-3-18-12(15)8(2)13-11(14)9-6-4-5-7-10(9)19(13,16)17/h4-8H,3H2,1-2H3. The van der Waals surface area contributed by atoms with Crippen LogP contribution in [0, 0.1) is 0 Å². The number of ether oxygens (including phenoxy) is 1. The fraction of sp³-hybridized carbons (Fsp3) is 0.333. The van der Waals surface area contributed by atoms with Crippen LogP contribution in [-0.2, 0) is 19.6 Å². The first kappa shape index (κ1) is 13.5. The van der Waals surface area contributed by atoms with E-state index in [1.54, 1.807) is 13.0 Å². The molecule has 1 aromatic carbocycles. The summed E-state index contributed by atoms with van der Waals surface area (Å²) >= 11 is 0. The highest BCUT2D eigenvalue weighted by Crippen LogP contribution is 2.31. The molecule has 1 heterocycles. The lowest BCUT2D eigenvalue weighted by Gasteiger charge is -2.21. The number of fused-ring (bicyclic) bond motifs is 1. The second-order valence-corrected chi connectivity index (χ2v) is 5.81. The SMILES string of the molecule is CCOC(=O)C(C)N1C(=O)c2ccccc2S1(=O)=O. The van der Waals surface area contributed by atoms with Gasteiger partial charge in [0.2, 0.25) is 0 Å². The van der Waals surface area contributed by atoms with Crippen LogP contribution in [0.25, 0.3) is 0 Å². The molecule has 0 saturated heterocycles. The summed E-state index contributed by atoms with van der Waals surface area (Å²) in [7, 11) is -3.98. The molecule has 19 heavy (non-hydrogen) atoms. The van der Waals surface area contributed by atoms with Crippen molar-refractivity contribution in [3.8, 4) is 0 Å². The highest BCUT2D eigenvalue weighted by Gasteiger charge is 2.46. The van der Waals surface area contributed by atoms with Crippen molar-refractivity contribution in [1.82, 2.24) is 4.31 Å². The van der Waals surface area contributed by atoms with Crippen LogP contribution in [0.5, 0.6) is 0 Å². The fourth-order valence-electron chi connectivity index (χ4n) is 1.94. The van der Waals surface area contributed by atoms with Crippen molar-refractivity contribution in [2.45, 2.75) is 24.8 Å². The van der Waals surface area contributed by atoms with Gasteiger partial charge in [-0.3, -0.25) is 4.79 Å². The van der Waals surface area contributed by atoms with Crippen molar-refractivity contribution in [3.05, 3.63) is 29.8 Å². The first-order valence-corrected chi connectivity index (χ1v) is 7.19. The first-order chi connectivity index (χ1) is 8.91. The van der Waals surface area contributed by atoms with E-state index in [1.165, 1.54) is 25.1 Å². The van der Waals surface area contributed by atoms with Crippen LogP contribution < -0.4 is 0 Å². The Morgan fingerprint density at radius 1 is 1.37 bits per heavy atom. The molecule has 1 aliphatic heterocycles. The molecule has 0 aromatic heterocycles. The Balaban J connectivity index is 2.46. The molecular weight excluding hydrogens is 270 g/mol. The van der Waals surface area contributed by atoms with Gasteiger partial charge in [0, 0.05) is 0 Å². The quantitative estimate of drug-likeness (QED) is 0.766. The van der Waals surface area contributed by atoms with Crippen LogP contribution in [0.4, 0.5) is 0 Å². The van der Waals surface area contributed by atoms with Crippen LogP contribution >= 0.6 is 0 Å². The normalized spacial score (nSPS) is 18.0. The number of sulfonamides is 1. The van der Waals surface area contributed by atoms with Gasteiger partial charge in [-0.05, 0) is 26.0 Å². The second-order valence-electron chi connectivity index (χ2n) is 4.03. The molecule has 0 aliphatic carbocycles. The number of nitrogens with zero attached hydrogens (tertiary/aromatic N) is 1. The monoisotopic (exact) mass is 283 g/mol. The lowest BCUT2D eigenvalue weighted by molar-refractivity contribution is -0.146. The number of hydrogen-bond acceptors (Lipinski definition) is 5. The molecule has 1 aromatic rings. The Hall–Kier alpha value is -1.89. The van der Waals surface area contributed by atoms with Gasteiger partial charge in [-0.2, -0.15) is 0 Å².